The third-order valence-corrected chi connectivity index (χ3v) is 2.86. The molecule has 0 bridgehead atoms. The van der Waals surface area contributed by atoms with Crippen LogP contribution in [-0.4, -0.2) is 6.29 Å². The van der Waals surface area contributed by atoms with E-state index in [4.69, 9.17) is 9.15 Å². The number of carbonyl (C=O) groups is 1. The molecule has 0 saturated carbocycles. The average molecular weight is 264 g/mol. The van der Waals surface area contributed by atoms with Crippen LogP contribution in [0.1, 0.15) is 10.6 Å². The third-order valence-electron chi connectivity index (χ3n) is 2.86. The highest BCUT2D eigenvalue weighted by Crippen LogP contribution is 2.26. The lowest BCUT2D eigenvalue weighted by atomic mass is 10.2. The van der Waals surface area contributed by atoms with Crippen molar-refractivity contribution in [1.82, 2.24) is 0 Å². The Bertz CT molecular complexity index is 697. The van der Waals surface area contributed by atoms with E-state index in [1.54, 1.807) is 12.1 Å². The van der Waals surface area contributed by atoms with Crippen LogP contribution in [0.4, 0.5) is 0 Å². The topological polar surface area (TPSA) is 39.4 Å². The minimum Gasteiger partial charge on any atom is -0.457 e. The molecule has 0 amide bonds. The lowest BCUT2D eigenvalue weighted by Crippen LogP contribution is -1.83. The fourth-order valence-corrected chi connectivity index (χ4v) is 1.88. The van der Waals surface area contributed by atoms with Crippen molar-refractivity contribution in [2.45, 2.75) is 0 Å². The van der Waals surface area contributed by atoms with Crippen molar-refractivity contribution < 1.29 is 13.9 Å². The van der Waals surface area contributed by atoms with Crippen molar-refractivity contribution in [2.75, 3.05) is 0 Å². The second kappa shape index (κ2) is 5.45. The zero-order chi connectivity index (χ0) is 13.8. The van der Waals surface area contributed by atoms with Gasteiger partial charge in [-0.1, -0.05) is 18.2 Å². The zero-order valence-corrected chi connectivity index (χ0v) is 10.7. The van der Waals surface area contributed by atoms with Crippen LogP contribution < -0.4 is 4.74 Å². The number of ether oxygens (including phenoxy) is 1. The molecule has 0 fully saturated rings. The molecule has 0 saturated heterocycles. The number of carbonyl (C=O) groups excluding carboxylic acids is 1. The molecule has 98 valence electrons. The SMILES string of the molecule is O=Cc1ccc(-c2ccc(Oc3ccccc3)cc2)o1. The number of furan rings is 1. The highest BCUT2D eigenvalue weighted by molar-refractivity contribution is 5.72. The minimum atomic E-state index is 0.324. The van der Waals surface area contributed by atoms with Gasteiger partial charge in [0.1, 0.15) is 17.3 Å². The fraction of sp³-hybridized carbons (Fsp3) is 0. The molecule has 0 N–H and O–H groups in total. The molecule has 1 heterocycles. The summed E-state index contributed by atoms with van der Waals surface area (Å²) in [6.07, 6.45) is 0.691. The van der Waals surface area contributed by atoms with Gasteiger partial charge in [0.25, 0.3) is 0 Å². The fourth-order valence-electron chi connectivity index (χ4n) is 1.88. The van der Waals surface area contributed by atoms with Crippen molar-refractivity contribution in [3.63, 3.8) is 0 Å². The normalized spacial score (nSPS) is 10.2. The Morgan fingerprint density at radius 3 is 2.15 bits per heavy atom. The predicted octanol–water partition coefficient (Wildman–Crippen LogP) is 4.55. The van der Waals surface area contributed by atoms with E-state index in [1.807, 2.05) is 54.6 Å². The number of para-hydroxylation sites is 1. The largest absolute Gasteiger partial charge is 0.457 e. The van der Waals surface area contributed by atoms with Gasteiger partial charge in [-0.2, -0.15) is 0 Å². The number of rotatable bonds is 4. The smallest absolute Gasteiger partial charge is 0.185 e. The molecule has 3 heteroatoms. The first-order valence-electron chi connectivity index (χ1n) is 6.23. The Hall–Kier alpha value is -2.81. The van der Waals surface area contributed by atoms with Crippen molar-refractivity contribution in [1.29, 1.82) is 0 Å². The van der Waals surface area contributed by atoms with Crippen LogP contribution in [-0.2, 0) is 0 Å². The van der Waals surface area contributed by atoms with E-state index >= 15 is 0 Å². The highest BCUT2D eigenvalue weighted by Gasteiger charge is 2.04. The van der Waals surface area contributed by atoms with Crippen LogP contribution in [0.2, 0.25) is 0 Å². The van der Waals surface area contributed by atoms with Gasteiger partial charge in [0.05, 0.1) is 0 Å². The summed E-state index contributed by atoms with van der Waals surface area (Å²) in [5, 5.41) is 0. The summed E-state index contributed by atoms with van der Waals surface area (Å²) in [6, 6.07) is 20.5. The van der Waals surface area contributed by atoms with E-state index < -0.39 is 0 Å². The molecule has 0 spiro atoms. The van der Waals surface area contributed by atoms with Gasteiger partial charge < -0.3 is 9.15 Å². The maximum Gasteiger partial charge on any atom is 0.185 e. The van der Waals surface area contributed by atoms with Crippen molar-refractivity contribution in [2.24, 2.45) is 0 Å². The number of hydrogen-bond donors (Lipinski definition) is 0. The zero-order valence-electron chi connectivity index (χ0n) is 10.7. The molecule has 0 aliphatic heterocycles. The van der Waals surface area contributed by atoms with E-state index in [0.717, 1.165) is 17.1 Å². The molecule has 0 atom stereocenters. The van der Waals surface area contributed by atoms with E-state index in [2.05, 4.69) is 0 Å². The van der Waals surface area contributed by atoms with Crippen LogP contribution in [0.3, 0.4) is 0 Å². The second-order valence-electron chi connectivity index (χ2n) is 4.26. The molecule has 3 aromatic rings. The summed E-state index contributed by atoms with van der Waals surface area (Å²) in [5.74, 6) is 2.53. The average Bonchev–Trinajstić information content (AvgIpc) is 2.98. The van der Waals surface area contributed by atoms with E-state index in [1.165, 1.54) is 0 Å². The highest BCUT2D eigenvalue weighted by atomic mass is 16.5. The van der Waals surface area contributed by atoms with Gasteiger partial charge in [-0.15, -0.1) is 0 Å². The summed E-state index contributed by atoms with van der Waals surface area (Å²) in [5.41, 5.74) is 0.901. The maximum atomic E-state index is 10.6. The van der Waals surface area contributed by atoms with Crippen LogP contribution in [0.5, 0.6) is 11.5 Å². The van der Waals surface area contributed by atoms with Crippen molar-refractivity contribution in [3.05, 3.63) is 72.5 Å². The Labute approximate surface area is 116 Å². The van der Waals surface area contributed by atoms with Gasteiger partial charge >= 0.3 is 0 Å². The van der Waals surface area contributed by atoms with Gasteiger partial charge in [-0.25, -0.2) is 0 Å². The first-order chi connectivity index (χ1) is 9.85. The van der Waals surface area contributed by atoms with E-state index in [0.29, 0.717) is 17.8 Å². The number of benzene rings is 2. The predicted molar refractivity (Wildman–Crippen MR) is 76.0 cm³/mol. The van der Waals surface area contributed by atoms with Crippen LogP contribution in [0.15, 0.2) is 71.1 Å². The van der Waals surface area contributed by atoms with Gasteiger partial charge in [-0.3, -0.25) is 4.79 Å². The molecule has 0 aliphatic carbocycles. The summed E-state index contributed by atoms with van der Waals surface area (Å²) < 4.78 is 11.1. The number of hydrogen-bond acceptors (Lipinski definition) is 3. The molecule has 0 radical (unpaired) electrons. The van der Waals surface area contributed by atoms with Crippen LogP contribution in [0.25, 0.3) is 11.3 Å². The van der Waals surface area contributed by atoms with Gasteiger partial charge in [0, 0.05) is 5.56 Å². The lowest BCUT2D eigenvalue weighted by molar-refractivity contribution is 0.110. The van der Waals surface area contributed by atoms with E-state index in [-0.39, 0.29) is 0 Å². The second-order valence-corrected chi connectivity index (χ2v) is 4.26. The van der Waals surface area contributed by atoms with Crippen LogP contribution >= 0.6 is 0 Å². The quantitative estimate of drug-likeness (QED) is 0.649. The molecular formula is C17H12O3. The first-order valence-corrected chi connectivity index (χ1v) is 6.23. The Balaban J connectivity index is 1.79. The molecular weight excluding hydrogens is 252 g/mol. The standard InChI is InChI=1S/C17H12O3/c18-12-16-10-11-17(20-16)13-6-8-15(9-7-13)19-14-4-2-1-3-5-14/h1-12H. The summed E-state index contributed by atoms with van der Waals surface area (Å²) in [7, 11) is 0. The molecule has 0 aliphatic rings. The van der Waals surface area contributed by atoms with Crippen molar-refractivity contribution >= 4 is 6.29 Å². The monoisotopic (exact) mass is 264 g/mol. The molecule has 1 aromatic heterocycles. The molecule has 2 aromatic carbocycles. The summed E-state index contributed by atoms with van der Waals surface area (Å²) >= 11 is 0. The lowest BCUT2D eigenvalue weighted by Gasteiger charge is -2.05. The van der Waals surface area contributed by atoms with Crippen molar-refractivity contribution in [3.8, 4) is 22.8 Å². The number of aldehydes is 1. The Kier molecular flexibility index (Phi) is 3.33. The summed E-state index contributed by atoms with van der Waals surface area (Å²) in [6.45, 7) is 0. The maximum absolute atomic E-state index is 10.6. The van der Waals surface area contributed by atoms with Gasteiger partial charge in [0.2, 0.25) is 0 Å². The van der Waals surface area contributed by atoms with E-state index in [9.17, 15) is 4.79 Å². The Morgan fingerprint density at radius 2 is 1.50 bits per heavy atom. The van der Waals surface area contributed by atoms with Crippen LogP contribution in [0, 0.1) is 0 Å². The third kappa shape index (κ3) is 2.62. The minimum absolute atomic E-state index is 0.324. The summed E-state index contributed by atoms with van der Waals surface area (Å²) in [4.78, 5) is 10.6. The Morgan fingerprint density at radius 1 is 0.800 bits per heavy atom. The molecule has 0 unspecified atom stereocenters. The first kappa shape index (κ1) is 12.2. The molecule has 3 nitrogen and oxygen atoms in total. The van der Waals surface area contributed by atoms with Gasteiger partial charge in [-0.05, 0) is 48.5 Å². The molecule has 20 heavy (non-hydrogen) atoms. The molecule has 3 rings (SSSR count). The van der Waals surface area contributed by atoms with Gasteiger partial charge in [0.15, 0.2) is 12.0 Å².